The largest absolute Gasteiger partial charge is 0.454 e. The van der Waals surface area contributed by atoms with E-state index in [2.05, 4.69) is 12.2 Å². The molecule has 1 heterocycles. The lowest BCUT2D eigenvalue weighted by molar-refractivity contribution is -0.148. The van der Waals surface area contributed by atoms with E-state index in [0.717, 1.165) is 6.42 Å². The van der Waals surface area contributed by atoms with Crippen LogP contribution in [0, 0.1) is 35.5 Å². The number of nitrogens with zero attached hydrogens (tertiary/aromatic N) is 1. The molecule has 0 aromatic heterocycles. The maximum Gasteiger partial charge on any atom is 0.308 e. The molecule has 4 aliphatic carbocycles. The van der Waals surface area contributed by atoms with E-state index in [1.165, 1.54) is 11.8 Å². The minimum Gasteiger partial charge on any atom is -0.454 e. The second-order valence-electron chi connectivity index (χ2n) is 8.60. The Bertz CT molecular complexity index is 886. The van der Waals surface area contributed by atoms with Gasteiger partial charge in [-0.1, -0.05) is 42.5 Å². The fourth-order valence-electron chi connectivity index (χ4n) is 5.59. The molecule has 6 rings (SSSR count). The Balaban J connectivity index is 1.19. The number of allylic oxidation sites excluding steroid dienone is 2. The number of amides is 2. The van der Waals surface area contributed by atoms with Gasteiger partial charge < -0.3 is 4.74 Å². The molecule has 0 spiro atoms. The topological polar surface area (TPSA) is 80.8 Å². The maximum atomic E-state index is 12.9. The summed E-state index contributed by atoms with van der Waals surface area (Å²) in [4.78, 5) is 51.6. The van der Waals surface area contributed by atoms with Gasteiger partial charge in [-0.05, 0) is 37.0 Å². The molecule has 1 aromatic carbocycles. The van der Waals surface area contributed by atoms with Crippen LogP contribution in [0.15, 0.2) is 42.5 Å². The molecule has 0 N–H and O–H groups in total. The SMILES string of the molecule is C[C@@H](OC(=O)CCN1C(=O)[C@H]2[C@@H]3C=C[C@H]([C@H]4C[C@H]34)[C@@H]2C1=O)C(=O)c1ccccc1. The lowest BCUT2D eigenvalue weighted by Gasteiger charge is -2.37. The van der Waals surface area contributed by atoms with Crippen molar-refractivity contribution in [1.82, 2.24) is 4.90 Å². The highest BCUT2D eigenvalue weighted by atomic mass is 16.5. The third-order valence-electron chi connectivity index (χ3n) is 7.03. The van der Waals surface area contributed by atoms with E-state index in [-0.39, 0.29) is 54.2 Å². The van der Waals surface area contributed by atoms with Crippen LogP contribution in [0.2, 0.25) is 0 Å². The summed E-state index contributed by atoms with van der Waals surface area (Å²) in [7, 11) is 0. The van der Waals surface area contributed by atoms with Gasteiger partial charge in [0.15, 0.2) is 6.10 Å². The van der Waals surface area contributed by atoms with Crippen LogP contribution in [0.4, 0.5) is 0 Å². The number of ketones is 1. The van der Waals surface area contributed by atoms with Crippen molar-refractivity contribution in [3.8, 4) is 0 Å². The molecule has 1 aromatic rings. The Kier molecular flexibility index (Phi) is 4.19. The van der Waals surface area contributed by atoms with Crippen LogP contribution >= 0.6 is 0 Å². The third-order valence-corrected chi connectivity index (χ3v) is 7.03. The number of hydrogen-bond acceptors (Lipinski definition) is 5. The number of likely N-dealkylation sites (tertiary alicyclic amines) is 1. The summed E-state index contributed by atoms with van der Waals surface area (Å²) < 4.78 is 5.24. The first-order valence-electron chi connectivity index (χ1n) is 10.3. The summed E-state index contributed by atoms with van der Waals surface area (Å²) in [6.07, 6.45) is 4.36. The lowest BCUT2D eigenvalue weighted by atomic mass is 9.63. The number of carbonyl (C=O) groups excluding carboxylic acids is 4. The van der Waals surface area contributed by atoms with E-state index in [1.807, 2.05) is 0 Å². The summed E-state index contributed by atoms with van der Waals surface area (Å²) in [6, 6.07) is 8.64. The van der Waals surface area contributed by atoms with Crippen LogP contribution in [0.3, 0.4) is 0 Å². The Morgan fingerprint density at radius 2 is 1.62 bits per heavy atom. The Hall–Kier alpha value is -2.76. The van der Waals surface area contributed by atoms with Crippen molar-refractivity contribution >= 4 is 23.6 Å². The van der Waals surface area contributed by atoms with E-state index in [1.54, 1.807) is 30.3 Å². The number of ether oxygens (including phenoxy) is 1. The highest BCUT2D eigenvalue weighted by Crippen LogP contribution is 2.65. The van der Waals surface area contributed by atoms with Crippen LogP contribution in [0.5, 0.6) is 0 Å². The number of imide groups is 1. The molecule has 29 heavy (non-hydrogen) atoms. The molecular formula is C23H23NO5. The summed E-state index contributed by atoms with van der Waals surface area (Å²) >= 11 is 0. The number of benzene rings is 1. The first-order chi connectivity index (χ1) is 14.0. The van der Waals surface area contributed by atoms with Gasteiger partial charge in [0.2, 0.25) is 17.6 Å². The molecule has 1 aliphatic heterocycles. The molecular weight excluding hydrogens is 370 g/mol. The predicted octanol–water partition coefficient (Wildman–Crippen LogP) is 2.24. The van der Waals surface area contributed by atoms with Crippen LogP contribution in [-0.4, -0.2) is 41.1 Å². The van der Waals surface area contributed by atoms with Crippen molar-refractivity contribution in [3.63, 3.8) is 0 Å². The van der Waals surface area contributed by atoms with Gasteiger partial charge in [0, 0.05) is 12.1 Å². The highest BCUT2D eigenvalue weighted by molar-refractivity contribution is 6.06. The molecule has 7 atom stereocenters. The molecule has 2 amide bonds. The average Bonchev–Trinajstić information content (AvgIpc) is 3.51. The van der Waals surface area contributed by atoms with Crippen molar-refractivity contribution in [3.05, 3.63) is 48.0 Å². The molecule has 0 unspecified atom stereocenters. The van der Waals surface area contributed by atoms with Gasteiger partial charge in [0.05, 0.1) is 18.3 Å². The van der Waals surface area contributed by atoms with Gasteiger partial charge >= 0.3 is 5.97 Å². The van der Waals surface area contributed by atoms with E-state index in [4.69, 9.17) is 4.74 Å². The first-order valence-corrected chi connectivity index (χ1v) is 10.3. The van der Waals surface area contributed by atoms with E-state index >= 15 is 0 Å². The zero-order valence-corrected chi connectivity index (χ0v) is 16.2. The van der Waals surface area contributed by atoms with Crippen molar-refractivity contribution in [2.45, 2.75) is 25.9 Å². The highest BCUT2D eigenvalue weighted by Gasteiger charge is 2.66. The lowest BCUT2D eigenvalue weighted by Crippen LogP contribution is -2.40. The van der Waals surface area contributed by atoms with E-state index in [9.17, 15) is 19.2 Å². The predicted molar refractivity (Wildman–Crippen MR) is 102 cm³/mol. The molecule has 3 fully saturated rings. The normalized spacial score (nSPS) is 34.6. The molecule has 6 heteroatoms. The van der Waals surface area contributed by atoms with Crippen LogP contribution in [0.25, 0.3) is 0 Å². The Morgan fingerprint density at radius 3 is 2.21 bits per heavy atom. The maximum absolute atomic E-state index is 12.9. The Labute approximate surface area is 168 Å². The summed E-state index contributed by atoms with van der Waals surface area (Å²) in [5.74, 6) is -0.209. The number of carbonyl (C=O) groups is 4. The molecule has 150 valence electrons. The van der Waals surface area contributed by atoms with Gasteiger partial charge in [-0.25, -0.2) is 0 Å². The third kappa shape index (κ3) is 2.84. The van der Waals surface area contributed by atoms with Gasteiger partial charge in [0.1, 0.15) is 0 Å². The second kappa shape index (κ2) is 6.65. The van der Waals surface area contributed by atoms with Gasteiger partial charge in [-0.2, -0.15) is 0 Å². The number of rotatable bonds is 6. The quantitative estimate of drug-likeness (QED) is 0.320. The zero-order chi connectivity index (χ0) is 20.3. The summed E-state index contributed by atoms with van der Waals surface area (Å²) in [5.41, 5.74) is 0.475. The van der Waals surface area contributed by atoms with Crippen LogP contribution < -0.4 is 0 Å². The van der Waals surface area contributed by atoms with Crippen molar-refractivity contribution < 1.29 is 23.9 Å². The van der Waals surface area contributed by atoms with Crippen molar-refractivity contribution in [2.75, 3.05) is 6.54 Å². The first kappa shape index (κ1) is 18.3. The second-order valence-corrected chi connectivity index (χ2v) is 8.60. The fourth-order valence-corrected chi connectivity index (χ4v) is 5.59. The average molecular weight is 393 g/mol. The molecule has 1 saturated heterocycles. The van der Waals surface area contributed by atoms with Crippen molar-refractivity contribution in [1.29, 1.82) is 0 Å². The molecule has 2 bridgehead atoms. The molecule has 5 aliphatic rings. The smallest absolute Gasteiger partial charge is 0.308 e. The van der Waals surface area contributed by atoms with E-state index in [0.29, 0.717) is 17.4 Å². The summed E-state index contributed by atoms with van der Waals surface area (Å²) in [6.45, 7) is 1.55. The monoisotopic (exact) mass is 393 g/mol. The van der Waals surface area contributed by atoms with E-state index < -0.39 is 12.1 Å². The zero-order valence-electron chi connectivity index (χ0n) is 16.2. The molecule has 0 radical (unpaired) electrons. The minimum absolute atomic E-state index is 0.0184. The van der Waals surface area contributed by atoms with Crippen LogP contribution in [0.1, 0.15) is 30.1 Å². The number of hydrogen-bond donors (Lipinski definition) is 0. The molecule has 2 saturated carbocycles. The van der Waals surface area contributed by atoms with Gasteiger partial charge in [-0.3, -0.25) is 24.1 Å². The fraction of sp³-hybridized carbons (Fsp3) is 0.478. The van der Waals surface area contributed by atoms with Gasteiger partial charge in [-0.15, -0.1) is 0 Å². The van der Waals surface area contributed by atoms with Crippen LogP contribution in [-0.2, 0) is 19.1 Å². The molecule has 6 nitrogen and oxygen atoms in total. The van der Waals surface area contributed by atoms with Gasteiger partial charge in [0.25, 0.3) is 0 Å². The van der Waals surface area contributed by atoms with Crippen molar-refractivity contribution in [2.24, 2.45) is 35.5 Å². The standard InChI is InChI=1S/C23H23NO5/c1-12(21(26)13-5-3-2-4-6-13)29-18(25)9-10-24-22(27)19-14-7-8-15(17-11-16(14)17)20(19)23(24)28/h2-8,12,14-17,19-20H,9-11H2,1H3/t12-,14-,15-,16-,17-,19+,20+/m1/s1. The number of Topliss-reactive ketones (excluding diaryl/α,β-unsaturated/α-hetero) is 1. The Morgan fingerprint density at radius 1 is 1.03 bits per heavy atom. The summed E-state index contributed by atoms with van der Waals surface area (Å²) in [5, 5.41) is 0. The number of esters is 1. The minimum atomic E-state index is -0.912.